The Hall–Kier alpha value is -0.170. The third kappa shape index (κ3) is 5.77. The minimum absolute atomic E-state index is 0.386. The third-order valence-electron chi connectivity index (χ3n) is 3.99. The van der Waals surface area contributed by atoms with Gasteiger partial charge in [-0.15, -0.1) is 0 Å². The summed E-state index contributed by atoms with van der Waals surface area (Å²) in [6, 6.07) is 0. The first-order valence-corrected chi connectivity index (χ1v) is 9.19. The van der Waals surface area contributed by atoms with Crippen molar-refractivity contribution in [2.45, 2.75) is 19.3 Å². The van der Waals surface area contributed by atoms with Crippen LogP contribution in [-0.2, 0) is 14.6 Å². The molecule has 0 saturated carbocycles. The van der Waals surface area contributed by atoms with Gasteiger partial charge < -0.3 is 10.1 Å². The zero-order valence-corrected chi connectivity index (χ0v) is 12.5. The van der Waals surface area contributed by atoms with Crippen LogP contribution in [0.5, 0.6) is 0 Å². The minimum atomic E-state index is -2.70. The molecule has 2 aliphatic heterocycles. The topological polar surface area (TPSA) is 58.6 Å². The van der Waals surface area contributed by atoms with Gasteiger partial charge in [-0.2, -0.15) is 0 Å². The fourth-order valence-electron chi connectivity index (χ4n) is 2.78. The predicted octanol–water partition coefficient (Wildman–Crippen LogP) is 0.123. The van der Waals surface area contributed by atoms with Crippen LogP contribution in [0.1, 0.15) is 19.3 Å². The molecule has 2 heterocycles. The van der Waals surface area contributed by atoms with Crippen molar-refractivity contribution in [3.63, 3.8) is 0 Å². The van der Waals surface area contributed by atoms with Crippen LogP contribution in [0, 0.1) is 5.92 Å². The second-order valence-electron chi connectivity index (χ2n) is 5.62. The molecule has 19 heavy (non-hydrogen) atoms. The molecule has 1 N–H and O–H groups in total. The van der Waals surface area contributed by atoms with Crippen LogP contribution in [-0.4, -0.2) is 70.8 Å². The summed E-state index contributed by atoms with van der Waals surface area (Å²) in [5.41, 5.74) is 0. The van der Waals surface area contributed by atoms with Crippen LogP contribution in [0.2, 0.25) is 0 Å². The molecule has 112 valence electrons. The molecule has 6 heteroatoms. The Kier molecular flexibility index (Phi) is 6.06. The van der Waals surface area contributed by atoms with Crippen molar-refractivity contribution < 1.29 is 13.2 Å². The van der Waals surface area contributed by atoms with Crippen molar-refractivity contribution in [2.75, 3.05) is 57.4 Å². The predicted molar refractivity (Wildman–Crippen MR) is 76.1 cm³/mol. The maximum absolute atomic E-state index is 11.3. The van der Waals surface area contributed by atoms with Crippen LogP contribution < -0.4 is 5.32 Å². The van der Waals surface area contributed by atoms with Crippen LogP contribution in [0.3, 0.4) is 0 Å². The average molecular weight is 290 g/mol. The molecule has 0 aliphatic carbocycles. The molecule has 2 rings (SSSR count). The van der Waals surface area contributed by atoms with Crippen LogP contribution in [0.25, 0.3) is 0 Å². The quantitative estimate of drug-likeness (QED) is 0.675. The minimum Gasteiger partial charge on any atom is -0.379 e. The van der Waals surface area contributed by atoms with E-state index >= 15 is 0 Å². The van der Waals surface area contributed by atoms with E-state index in [9.17, 15) is 8.42 Å². The first-order chi connectivity index (χ1) is 9.16. The summed E-state index contributed by atoms with van der Waals surface area (Å²) >= 11 is 0. The Morgan fingerprint density at radius 3 is 2.68 bits per heavy atom. The number of nitrogens with zero attached hydrogens (tertiary/aromatic N) is 1. The van der Waals surface area contributed by atoms with Crippen molar-refractivity contribution in [3.05, 3.63) is 0 Å². The van der Waals surface area contributed by atoms with Crippen molar-refractivity contribution in [1.82, 2.24) is 10.2 Å². The van der Waals surface area contributed by atoms with E-state index in [-0.39, 0.29) is 0 Å². The molecular formula is C13H26N2O3S. The molecule has 0 aromatic carbocycles. The van der Waals surface area contributed by atoms with Gasteiger partial charge in [-0.25, -0.2) is 8.42 Å². The Morgan fingerprint density at radius 2 is 2.00 bits per heavy atom. The lowest BCUT2D eigenvalue weighted by Crippen LogP contribution is -2.37. The number of nitrogens with one attached hydrogen (secondary N) is 1. The van der Waals surface area contributed by atoms with E-state index in [2.05, 4.69) is 10.2 Å². The molecule has 2 aliphatic rings. The zero-order chi connectivity index (χ0) is 13.6. The van der Waals surface area contributed by atoms with Gasteiger partial charge in [0.1, 0.15) is 0 Å². The van der Waals surface area contributed by atoms with Gasteiger partial charge in [-0.05, 0) is 44.8 Å². The standard InChI is InChI=1S/C13H26N2O3S/c16-19(17)11-3-13(12-19)2-5-14-4-1-6-15-7-9-18-10-8-15/h13-14H,1-12H2. The Labute approximate surface area is 116 Å². The number of rotatable bonds is 7. The van der Waals surface area contributed by atoms with Gasteiger partial charge in [-0.1, -0.05) is 0 Å². The highest BCUT2D eigenvalue weighted by Crippen LogP contribution is 2.20. The molecule has 0 amide bonds. The second kappa shape index (κ2) is 7.57. The molecule has 5 nitrogen and oxygen atoms in total. The number of hydrogen-bond donors (Lipinski definition) is 1. The highest BCUT2D eigenvalue weighted by Gasteiger charge is 2.27. The fraction of sp³-hybridized carbons (Fsp3) is 1.00. The van der Waals surface area contributed by atoms with Crippen LogP contribution in [0.4, 0.5) is 0 Å². The first-order valence-electron chi connectivity index (χ1n) is 7.37. The first kappa shape index (κ1) is 15.2. The molecule has 0 aromatic rings. The Bertz CT molecular complexity index is 353. The molecule has 0 radical (unpaired) electrons. The maximum atomic E-state index is 11.3. The summed E-state index contributed by atoms with van der Waals surface area (Å²) in [7, 11) is -2.70. The summed E-state index contributed by atoms with van der Waals surface area (Å²) in [4.78, 5) is 2.44. The van der Waals surface area contributed by atoms with E-state index in [0.717, 1.165) is 65.2 Å². The van der Waals surface area contributed by atoms with Gasteiger partial charge in [0.25, 0.3) is 0 Å². The lowest BCUT2D eigenvalue weighted by atomic mass is 10.1. The summed E-state index contributed by atoms with van der Waals surface area (Å²) in [6.45, 7) is 6.95. The molecule has 2 saturated heterocycles. The second-order valence-corrected chi connectivity index (χ2v) is 7.84. The van der Waals surface area contributed by atoms with Crippen LogP contribution >= 0.6 is 0 Å². The normalized spacial score (nSPS) is 27.7. The SMILES string of the molecule is O=S1(=O)CCC(CCNCCCN2CCOCC2)C1. The lowest BCUT2D eigenvalue weighted by molar-refractivity contribution is 0.0374. The van der Waals surface area contributed by atoms with Gasteiger partial charge in [0.05, 0.1) is 24.7 Å². The van der Waals surface area contributed by atoms with E-state index < -0.39 is 9.84 Å². The Balaban J connectivity index is 1.44. The van der Waals surface area contributed by atoms with Gasteiger partial charge in [0, 0.05) is 13.1 Å². The molecule has 2 fully saturated rings. The Morgan fingerprint density at radius 1 is 1.21 bits per heavy atom. The highest BCUT2D eigenvalue weighted by atomic mass is 32.2. The molecule has 0 aromatic heterocycles. The number of ether oxygens (including phenoxy) is 1. The van der Waals surface area contributed by atoms with Gasteiger partial charge >= 0.3 is 0 Å². The third-order valence-corrected chi connectivity index (χ3v) is 5.82. The largest absolute Gasteiger partial charge is 0.379 e. The molecule has 1 atom stereocenters. The van der Waals surface area contributed by atoms with Crippen LogP contribution in [0.15, 0.2) is 0 Å². The monoisotopic (exact) mass is 290 g/mol. The summed E-state index contributed by atoms with van der Waals surface area (Å²) in [6.07, 6.45) is 3.01. The van der Waals surface area contributed by atoms with E-state index in [1.165, 1.54) is 0 Å². The molecule has 0 spiro atoms. The smallest absolute Gasteiger partial charge is 0.150 e. The molecule has 0 bridgehead atoms. The zero-order valence-electron chi connectivity index (χ0n) is 11.6. The van der Waals surface area contributed by atoms with E-state index in [4.69, 9.17) is 4.74 Å². The number of hydrogen-bond acceptors (Lipinski definition) is 5. The number of morpholine rings is 1. The van der Waals surface area contributed by atoms with Gasteiger partial charge in [0.2, 0.25) is 0 Å². The summed E-state index contributed by atoms with van der Waals surface area (Å²) in [5.74, 6) is 1.19. The highest BCUT2D eigenvalue weighted by molar-refractivity contribution is 7.91. The van der Waals surface area contributed by atoms with Gasteiger partial charge in [0.15, 0.2) is 9.84 Å². The van der Waals surface area contributed by atoms with Crippen molar-refractivity contribution in [1.29, 1.82) is 0 Å². The van der Waals surface area contributed by atoms with E-state index in [0.29, 0.717) is 17.4 Å². The molecule has 1 unspecified atom stereocenters. The number of sulfone groups is 1. The van der Waals surface area contributed by atoms with E-state index in [1.54, 1.807) is 0 Å². The van der Waals surface area contributed by atoms with Crippen molar-refractivity contribution >= 4 is 9.84 Å². The van der Waals surface area contributed by atoms with Crippen molar-refractivity contribution in [2.24, 2.45) is 5.92 Å². The lowest BCUT2D eigenvalue weighted by Gasteiger charge is -2.26. The summed E-state index contributed by atoms with van der Waals surface area (Å²) in [5, 5.41) is 3.43. The maximum Gasteiger partial charge on any atom is 0.150 e. The van der Waals surface area contributed by atoms with E-state index in [1.807, 2.05) is 0 Å². The molecular weight excluding hydrogens is 264 g/mol. The van der Waals surface area contributed by atoms with Crippen molar-refractivity contribution in [3.8, 4) is 0 Å². The average Bonchev–Trinajstić information content (AvgIpc) is 2.74. The fourth-order valence-corrected chi connectivity index (χ4v) is 4.69. The summed E-state index contributed by atoms with van der Waals surface area (Å²) < 4.78 is 27.9. The van der Waals surface area contributed by atoms with Gasteiger partial charge in [-0.3, -0.25) is 4.90 Å².